The number of amides is 2. The second-order valence-corrected chi connectivity index (χ2v) is 10.1. The van der Waals surface area contributed by atoms with Crippen molar-refractivity contribution in [1.82, 2.24) is 0 Å². The molecule has 1 heterocycles. The van der Waals surface area contributed by atoms with E-state index in [1.54, 1.807) is 37.3 Å². The largest absolute Gasteiger partial charge is 0.326 e. The number of thioether (sulfide) groups is 1. The van der Waals surface area contributed by atoms with Gasteiger partial charge >= 0.3 is 0 Å². The van der Waals surface area contributed by atoms with Crippen LogP contribution in [0.15, 0.2) is 52.3 Å². The zero-order valence-electron chi connectivity index (χ0n) is 15.1. The molecule has 2 aromatic rings. The minimum Gasteiger partial charge on any atom is -0.326 e. The summed E-state index contributed by atoms with van der Waals surface area (Å²) in [5.74, 6) is -1.03. The number of carbonyl (C=O) groups is 2. The molecule has 9 heteroatoms. The zero-order chi connectivity index (χ0) is 20.3. The molecule has 0 radical (unpaired) electrons. The number of sulfone groups is 1. The number of rotatable bonds is 5. The number of halogens is 1. The molecule has 148 valence electrons. The summed E-state index contributed by atoms with van der Waals surface area (Å²) in [4.78, 5) is 25.0. The first kappa shape index (κ1) is 20.7. The Morgan fingerprint density at radius 1 is 1.29 bits per heavy atom. The normalized spacial score (nSPS) is 15.1. The quantitative estimate of drug-likeness (QED) is 0.740. The highest BCUT2D eigenvalue weighted by molar-refractivity contribution is 7.99. The van der Waals surface area contributed by atoms with Crippen LogP contribution in [0.1, 0.15) is 13.3 Å². The molecule has 28 heavy (non-hydrogen) atoms. The average molecular weight is 439 g/mol. The van der Waals surface area contributed by atoms with Crippen LogP contribution in [0.3, 0.4) is 0 Å². The lowest BCUT2D eigenvalue weighted by Gasteiger charge is -2.14. The van der Waals surface area contributed by atoms with Gasteiger partial charge in [0.1, 0.15) is 0 Å². The number of carbonyl (C=O) groups excluding carboxylic acids is 2. The molecule has 2 N–H and O–H groups in total. The van der Waals surface area contributed by atoms with Crippen molar-refractivity contribution >= 4 is 56.4 Å². The van der Waals surface area contributed by atoms with Gasteiger partial charge in [-0.3, -0.25) is 9.59 Å². The van der Waals surface area contributed by atoms with Crippen molar-refractivity contribution < 1.29 is 18.0 Å². The standard InChI is InChI=1S/C19H19ClN2O4S2/c1-12(19(24)21-14-4-2-3-13(20)9-14)11-28(25,26)15-5-6-17-16(10-15)22-18(23)7-8-27-17/h2-6,9-10,12H,7-8,11H2,1H3,(H,21,24)(H,22,23). The molecule has 0 aromatic heterocycles. The lowest BCUT2D eigenvalue weighted by Crippen LogP contribution is -2.27. The van der Waals surface area contributed by atoms with Crippen molar-refractivity contribution in [2.24, 2.45) is 5.92 Å². The summed E-state index contributed by atoms with van der Waals surface area (Å²) in [6.45, 7) is 1.55. The number of hydrogen-bond acceptors (Lipinski definition) is 5. The Morgan fingerprint density at radius 2 is 2.07 bits per heavy atom. The van der Waals surface area contributed by atoms with Crippen LogP contribution in [-0.4, -0.2) is 31.7 Å². The lowest BCUT2D eigenvalue weighted by atomic mass is 10.2. The Bertz CT molecular complexity index is 1020. The maximum absolute atomic E-state index is 12.8. The topological polar surface area (TPSA) is 92.3 Å². The molecule has 6 nitrogen and oxygen atoms in total. The van der Waals surface area contributed by atoms with Gasteiger partial charge < -0.3 is 10.6 Å². The Balaban J connectivity index is 1.74. The van der Waals surface area contributed by atoms with E-state index in [4.69, 9.17) is 11.6 Å². The molecule has 0 saturated carbocycles. The van der Waals surface area contributed by atoms with E-state index in [2.05, 4.69) is 10.6 Å². The lowest BCUT2D eigenvalue weighted by molar-refractivity contribution is -0.119. The SMILES string of the molecule is CC(CS(=O)(=O)c1ccc2c(c1)NC(=O)CCS2)C(=O)Nc1cccc(Cl)c1. The predicted octanol–water partition coefficient (Wildman–Crippen LogP) is 3.82. The molecule has 0 spiro atoms. The number of fused-ring (bicyclic) bond motifs is 1. The molecule has 1 atom stereocenters. The Labute approximate surface area is 173 Å². The predicted molar refractivity (Wildman–Crippen MR) is 112 cm³/mol. The highest BCUT2D eigenvalue weighted by Gasteiger charge is 2.25. The third-order valence-corrected chi connectivity index (χ3v) is 7.40. The minimum atomic E-state index is -3.72. The van der Waals surface area contributed by atoms with Crippen LogP contribution in [-0.2, 0) is 19.4 Å². The second-order valence-electron chi connectivity index (χ2n) is 6.49. The Morgan fingerprint density at radius 3 is 2.82 bits per heavy atom. The van der Waals surface area contributed by atoms with E-state index in [0.717, 1.165) is 4.90 Å². The van der Waals surface area contributed by atoms with Gasteiger partial charge in [0.05, 0.1) is 16.3 Å². The summed E-state index contributed by atoms with van der Waals surface area (Å²) >= 11 is 7.40. The van der Waals surface area contributed by atoms with Gasteiger partial charge in [-0.1, -0.05) is 24.6 Å². The highest BCUT2D eigenvalue weighted by atomic mass is 35.5. The van der Waals surface area contributed by atoms with Crippen molar-refractivity contribution in [1.29, 1.82) is 0 Å². The van der Waals surface area contributed by atoms with Crippen molar-refractivity contribution in [2.45, 2.75) is 23.1 Å². The van der Waals surface area contributed by atoms with Crippen LogP contribution in [0.5, 0.6) is 0 Å². The van der Waals surface area contributed by atoms with Crippen molar-refractivity contribution in [3.8, 4) is 0 Å². The van der Waals surface area contributed by atoms with Gasteiger partial charge in [0, 0.05) is 33.7 Å². The molecule has 1 aliphatic rings. The van der Waals surface area contributed by atoms with E-state index in [1.165, 1.54) is 23.9 Å². The number of benzene rings is 2. The maximum Gasteiger partial charge on any atom is 0.228 e. The van der Waals surface area contributed by atoms with Crippen LogP contribution < -0.4 is 10.6 Å². The van der Waals surface area contributed by atoms with Crippen LogP contribution in [0.2, 0.25) is 5.02 Å². The van der Waals surface area contributed by atoms with Gasteiger partial charge in [-0.15, -0.1) is 11.8 Å². The first-order chi connectivity index (χ1) is 13.2. The average Bonchev–Trinajstić information content (AvgIpc) is 2.81. The molecule has 1 aliphatic heterocycles. The highest BCUT2D eigenvalue weighted by Crippen LogP contribution is 2.33. The van der Waals surface area contributed by atoms with E-state index in [0.29, 0.717) is 28.6 Å². The van der Waals surface area contributed by atoms with Gasteiger partial charge in [-0.05, 0) is 36.4 Å². The minimum absolute atomic E-state index is 0.0801. The summed E-state index contributed by atoms with van der Waals surface area (Å²) in [7, 11) is -3.72. The molecule has 0 aliphatic carbocycles. The van der Waals surface area contributed by atoms with E-state index < -0.39 is 21.7 Å². The monoisotopic (exact) mass is 438 g/mol. The van der Waals surface area contributed by atoms with Crippen LogP contribution in [0, 0.1) is 5.92 Å². The zero-order valence-corrected chi connectivity index (χ0v) is 17.5. The molecule has 2 aromatic carbocycles. The van der Waals surface area contributed by atoms with Gasteiger partial charge in [-0.25, -0.2) is 8.42 Å². The van der Waals surface area contributed by atoms with Crippen LogP contribution in [0.4, 0.5) is 11.4 Å². The maximum atomic E-state index is 12.8. The summed E-state index contributed by atoms with van der Waals surface area (Å²) in [5, 5.41) is 5.88. The van der Waals surface area contributed by atoms with Gasteiger partial charge in [0.2, 0.25) is 11.8 Å². The molecule has 2 amide bonds. The molecule has 0 fully saturated rings. The Hall–Kier alpha value is -2.03. The number of hydrogen-bond donors (Lipinski definition) is 2. The van der Waals surface area contributed by atoms with Crippen LogP contribution >= 0.6 is 23.4 Å². The summed E-state index contributed by atoms with van der Waals surface area (Å²) < 4.78 is 25.6. The molecule has 0 saturated heterocycles. The van der Waals surface area contributed by atoms with E-state index in [9.17, 15) is 18.0 Å². The third-order valence-electron chi connectivity index (χ3n) is 4.18. The van der Waals surface area contributed by atoms with Crippen molar-refractivity contribution in [3.05, 3.63) is 47.5 Å². The number of anilines is 2. The first-order valence-corrected chi connectivity index (χ1v) is 11.6. The molecule has 3 rings (SSSR count). The first-order valence-electron chi connectivity index (χ1n) is 8.60. The summed E-state index contributed by atoms with van der Waals surface area (Å²) in [6.07, 6.45) is 0.377. The second kappa shape index (κ2) is 8.55. The summed E-state index contributed by atoms with van der Waals surface area (Å²) in [5.41, 5.74) is 0.996. The van der Waals surface area contributed by atoms with Crippen LogP contribution in [0.25, 0.3) is 0 Å². The van der Waals surface area contributed by atoms with E-state index in [-0.39, 0.29) is 16.6 Å². The fourth-order valence-corrected chi connectivity index (χ4v) is 5.43. The van der Waals surface area contributed by atoms with E-state index >= 15 is 0 Å². The molecular formula is C19H19ClN2O4S2. The number of nitrogens with one attached hydrogen (secondary N) is 2. The molecule has 1 unspecified atom stereocenters. The summed E-state index contributed by atoms with van der Waals surface area (Å²) in [6, 6.07) is 11.3. The van der Waals surface area contributed by atoms with E-state index in [1.807, 2.05) is 0 Å². The van der Waals surface area contributed by atoms with Crippen molar-refractivity contribution in [3.63, 3.8) is 0 Å². The van der Waals surface area contributed by atoms with Gasteiger partial charge in [0.25, 0.3) is 0 Å². The molecule has 0 bridgehead atoms. The third kappa shape index (κ3) is 5.06. The van der Waals surface area contributed by atoms with Gasteiger partial charge in [0.15, 0.2) is 9.84 Å². The van der Waals surface area contributed by atoms with Gasteiger partial charge in [-0.2, -0.15) is 0 Å². The fraction of sp³-hybridized carbons (Fsp3) is 0.263. The molecular weight excluding hydrogens is 420 g/mol. The van der Waals surface area contributed by atoms with Crippen molar-refractivity contribution in [2.75, 3.05) is 22.1 Å². The Kier molecular flexibility index (Phi) is 6.32. The fourth-order valence-electron chi connectivity index (χ4n) is 2.73. The smallest absolute Gasteiger partial charge is 0.228 e.